The third-order valence-electron chi connectivity index (χ3n) is 13.5. The van der Waals surface area contributed by atoms with Gasteiger partial charge in [-0.25, -0.2) is 4.98 Å². The molecule has 3 heteroatoms. The van der Waals surface area contributed by atoms with Gasteiger partial charge in [0.25, 0.3) is 0 Å². The Morgan fingerprint density at radius 3 is 1.09 bits per heavy atom. The highest BCUT2D eigenvalue weighted by molar-refractivity contribution is 6.10. The molecule has 68 heavy (non-hydrogen) atoms. The highest BCUT2D eigenvalue weighted by Crippen LogP contribution is 2.37. The highest BCUT2D eigenvalue weighted by atomic mass is 15.0. The minimum absolute atomic E-state index is 0.921. The molecule has 0 N–H and O–H groups in total. The zero-order chi connectivity index (χ0) is 45.0. The monoisotopic (exact) mass is 865 g/mol. The summed E-state index contributed by atoms with van der Waals surface area (Å²) >= 11 is 0. The van der Waals surface area contributed by atoms with Crippen molar-refractivity contribution in [1.82, 2.24) is 14.1 Å². The van der Waals surface area contributed by atoms with Gasteiger partial charge in [-0.15, -0.1) is 0 Å². The molecule has 0 saturated carbocycles. The lowest BCUT2D eigenvalue weighted by molar-refractivity contribution is 1.18. The number of benzene rings is 10. The summed E-state index contributed by atoms with van der Waals surface area (Å²) < 4.78 is 4.74. The lowest BCUT2D eigenvalue weighted by Gasteiger charge is -2.14. The topological polar surface area (TPSA) is 22.8 Å². The minimum Gasteiger partial charge on any atom is -0.309 e. The highest BCUT2D eigenvalue weighted by Gasteiger charge is 2.16. The summed E-state index contributed by atoms with van der Waals surface area (Å²) in [5.41, 5.74) is 20.4. The average molecular weight is 866 g/mol. The molecule has 0 aliphatic carbocycles. The fourth-order valence-electron chi connectivity index (χ4n) is 10.2. The summed E-state index contributed by atoms with van der Waals surface area (Å²) in [7, 11) is 0. The van der Waals surface area contributed by atoms with Crippen molar-refractivity contribution in [3.05, 3.63) is 261 Å². The van der Waals surface area contributed by atoms with Crippen molar-refractivity contribution in [1.29, 1.82) is 0 Å². The molecular weight excluding hydrogens is 823 g/mol. The molecule has 0 aliphatic heterocycles. The maximum atomic E-state index is 5.43. The normalized spacial score (nSPS) is 11.5. The summed E-state index contributed by atoms with van der Waals surface area (Å²) in [6.07, 6.45) is 0. The molecular formula is C65H43N3. The Morgan fingerprint density at radius 1 is 0.206 bits per heavy atom. The molecule has 10 aromatic carbocycles. The molecule has 0 fully saturated rings. The quantitative estimate of drug-likeness (QED) is 0.149. The van der Waals surface area contributed by atoms with Gasteiger partial charge in [-0.1, -0.05) is 194 Å². The fraction of sp³-hybridized carbons (Fsp3) is 0. The van der Waals surface area contributed by atoms with Crippen molar-refractivity contribution in [2.45, 2.75) is 0 Å². The Morgan fingerprint density at radius 2 is 0.559 bits per heavy atom. The minimum atomic E-state index is 0.921. The predicted octanol–water partition coefficient (Wildman–Crippen LogP) is 17.3. The van der Waals surface area contributed by atoms with E-state index in [4.69, 9.17) is 4.98 Å². The standard InChI is InChI=1S/C65H43N3/c1-2-14-44(15-3-1)50-16-12-17-51(40-50)47-28-30-48(31-29-47)53-42-60(66-61(43-53)52-18-13-19-55(41-52)68-64-26-10-6-22-58(64)59-23-7-11-27-65(59)68)49-34-32-45(33-35-49)46-36-38-54(39-37-46)67-62-24-8-4-20-56(62)57-21-5-9-25-63(57)67/h1-43H. The molecule has 0 atom stereocenters. The van der Waals surface area contributed by atoms with Crippen molar-refractivity contribution in [3.63, 3.8) is 0 Å². The third kappa shape index (κ3) is 6.88. The summed E-state index contributed by atoms with van der Waals surface area (Å²) in [6, 6.07) is 94.1. The first-order chi connectivity index (χ1) is 33.7. The third-order valence-corrected chi connectivity index (χ3v) is 13.5. The summed E-state index contributed by atoms with van der Waals surface area (Å²) in [6.45, 7) is 0. The van der Waals surface area contributed by atoms with E-state index in [9.17, 15) is 0 Å². The van der Waals surface area contributed by atoms with Crippen LogP contribution in [0.4, 0.5) is 0 Å². The number of rotatable bonds is 8. The van der Waals surface area contributed by atoms with Crippen LogP contribution in [-0.4, -0.2) is 14.1 Å². The van der Waals surface area contributed by atoms with Crippen molar-refractivity contribution < 1.29 is 0 Å². The molecule has 13 rings (SSSR count). The van der Waals surface area contributed by atoms with E-state index in [1.807, 2.05) is 0 Å². The van der Waals surface area contributed by atoms with Crippen LogP contribution in [0.1, 0.15) is 0 Å². The Bertz CT molecular complexity index is 3880. The van der Waals surface area contributed by atoms with Crippen LogP contribution < -0.4 is 0 Å². The van der Waals surface area contributed by atoms with E-state index in [0.29, 0.717) is 0 Å². The maximum Gasteiger partial charge on any atom is 0.0716 e. The number of pyridine rings is 1. The lowest BCUT2D eigenvalue weighted by atomic mass is 9.95. The Hall–Kier alpha value is -9.05. The van der Waals surface area contributed by atoms with Crippen LogP contribution in [-0.2, 0) is 0 Å². The van der Waals surface area contributed by atoms with Gasteiger partial charge in [-0.05, 0) is 111 Å². The van der Waals surface area contributed by atoms with E-state index >= 15 is 0 Å². The predicted molar refractivity (Wildman–Crippen MR) is 286 cm³/mol. The van der Waals surface area contributed by atoms with E-state index in [-0.39, 0.29) is 0 Å². The van der Waals surface area contributed by atoms with E-state index in [0.717, 1.165) is 50.6 Å². The first-order valence-corrected chi connectivity index (χ1v) is 23.3. The van der Waals surface area contributed by atoms with Gasteiger partial charge in [0.05, 0.1) is 33.5 Å². The second-order valence-corrected chi connectivity index (χ2v) is 17.6. The van der Waals surface area contributed by atoms with E-state index in [2.05, 4.69) is 270 Å². The van der Waals surface area contributed by atoms with Crippen LogP contribution in [0.25, 0.3) is 122 Å². The van der Waals surface area contributed by atoms with Crippen LogP contribution in [0.2, 0.25) is 0 Å². The zero-order valence-electron chi connectivity index (χ0n) is 37.2. The van der Waals surface area contributed by atoms with Crippen LogP contribution in [0.15, 0.2) is 261 Å². The summed E-state index contributed by atoms with van der Waals surface area (Å²) in [5.74, 6) is 0. The molecule has 0 unspecified atom stereocenters. The van der Waals surface area contributed by atoms with Gasteiger partial charge in [0.15, 0.2) is 0 Å². The molecule has 0 aliphatic rings. The number of para-hydroxylation sites is 4. The lowest BCUT2D eigenvalue weighted by Crippen LogP contribution is -1.96. The summed E-state index contributed by atoms with van der Waals surface area (Å²) in [5, 5.41) is 5.02. The van der Waals surface area contributed by atoms with Gasteiger partial charge >= 0.3 is 0 Å². The SMILES string of the molecule is c1ccc(-c2cccc(-c3ccc(-c4cc(-c5ccc(-c6ccc(-n7c8ccccc8c8ccccc87)cc6)cc5)nc(-c5cccc(-n6c7ccccc7c7ccccc76)c5)c4)cc3)c2)cc1. The van der Waals surface area contributed by atoms with Crippen LogP contribution in [0, 0.1) is 0 Å². The van der Waals surface area contributed by atoms with Crippen molar-refractivity contribution in [2.75, 3.05) is 0 Å². The number of aromatic nitrogens is 3. The molecule has 0 saturated heterocycles. The van der Waals surface area contributed by atoms with E-state index < -0.39 is 0 Å². The van der Waals surface area contributed by atoms with E-state index in [1.54, 1.807) is 0 Å². The molecule has 13 aromatic rings. The number of fused-ring (bicyclic) bond motifs is 6. The Labute approximate surface area is 395 Å². The van der Waals surface area contributed by atoms with Crippen LogP contribution >= 0.6 is 0 Å². The van der Waals surface area contributed by atoms with E-state index in [1.165, 1.54) is 71.4 Å². The zero-order valence-corrected chi connectivity index (χ0v) is 37.2. The second-order valence-electron chi connectivity index (χ2n) is 17.6. The first-order valence-electron chi connectivity index (χ1n) is 23.3. The number of hydrogen-bond acceptors (Lipinski definition) is 1. The number of hydrogen-bond donors (Lipinski definition) is 0. The maximum absolute atomic E-state index is 5.43. The molecule has 0 spiro atoms. The van der Waals surface area contributed by atoms with Gasteiger partial charge in [0.1, 0.15) is 0 Å². The fourth-order valence-corrected chi connectivity index (χ4v) is 10.2. The van der Waals surface area contributed by atoms with Crippen molar-refractivity contribution >= 4 is 43.6 Å². The Kier molecular flexibility index (Phi) is 9.50. The van der Waals surface area contributed by atoms with Crippen LogP contribution in [0.3, 0.4) is 0 Å². The molecule has 3 heterocycles. The molecule has 3 nitrogen and oxygen atoms in total. The van der Waals surface area contributed by atoms with Gasteiger partial charge in [0, 0.05) is 44.0 Å². The van der Waals surface area contributed by atoms with Crippen LogP contribution in [0.5, 0.6) is 0 Å². The molecule has 318 valence electrons. The number of nitrogens with zero attached hydrogens (tertiary/aromatic N) is 3. The van der Waals surface area contributed by atoms with Gasteiger partial charge < -0.3 is 9.13 Å². The van der Waals surface area contributed by atoms with Crippen molar-refractivity contribution in [3.8, 4) is 78.4 Å². The molecule has 0 radical (unpaired) electrons. The second kappa shape index (κ2) is 16.4. The molecule has 0 bridgehead atoms. The van der Waals surface area contributed by atoms with Gasteiger partial charge in [-0.3, -0.25) is 0 Å². The molecule has 3 aromatic heterocycles. The first kappa shape index (κ1) is 39.3. The van der Waals surface area contributed by atoms with Crippen molar-refractivity contribution in [2.24, 2.45) is 0 Å². The molecule has 0 amide bonds. The summed E-state index contributed by atoms with van der Waals surface area (Å²) in [4.78, 5) is 5.43. The Balaban J connectivity index is 0.879. The van der Waals surface area contributed by atoms with Gasteiger partial charge in [0.2, 0.25) is 0 Å². The van der Waals surface area contributed by atoms with Gasteiger partial charge in [-0.2, -0.15) is 0 Å². The average Bonchev–Trinajstić information content (AvgIpc) is 3.94. The smallest absolute Gasteiger partial charge is 0.0716 e. The largest absolute Gasteiger partial charge is 0.309 e.